The number of aryl methyl sites for hydroxylation is 1. The molecule has 1 saturated heterocycles. The second-order valence-electron chi connectivity index (χ2n) is 14.3. The highest BCUT2D eigenvalue weighted by Gasteiger charge is 2.40. The van der Waals surface area contributed by atoms with Crippen LogP contribution in [0.3, 0.4) is 0 Å². The number of hydrogen-bond donors (Lipinski definition) is 2. The Morgan fingerprint density at radius 3 is 2.49 bits per heavy atom. The van der Waals surface area contributed by atoms with Gasteiger partial charge in [0.15, 0.2) is 11.5 Å². The van der Waals surface area contributed by atoms with Gasteiger partial charge in [0, 0.05) is 11.5 Å². The summed E-state index contributed by atoms with van der Waals surface area (Å²) in [6.45, 7) is 11.7. The van der Waals surface area contributed by atoms with Crippen molar-refractivity contribution < 1.29 is 9.53 Å². The highest BCUT2D eigenvalue weighted by molar-refractivity contribution is 5.89. The predicted molar refractivity (Wildman–Crippen MR) is 183 cm³/mol. The minimum absolute atomic E-state index is 0.147. The molecular formula is C37H44N8O2. The first-order chi connectivity index (χ1) is 22.5. The quantitative estimate of drug-likeness (QED) is 0.205. The van der Waals surface area contributed by atoms with E-state index in [1.165, 1.54) is 0 Å². The molecule has 0 bridgehead atoms. The third-order valence-corrected chi connectivity index (χ3v) is 9.87. The van der Waals surface area contributed by atoms with Crippen molar-refractivity contribution in [3.63, 3.8) is 0 Å². The Balaban J connectivity index is 1.10. The summed E-state index contributed by atoms with van der Waals surface area (Å²) in [7, 11) is 2.15. The molecule has 2 aliphatic rings. The predicted octanol–water partition coefficient (Wildman–Crippen LogP) is 7.24. The molecule has 0 saturated carbocycles. The second-order valence-corrected chi connectivity index (χ2v) is 14.3. The lowest BCUT2D eigenvalue weighted by Gasteiger charge is -2.32. The maximum atomic E-state index is 13.5. The third kappa shape index (κ3) is 5.86. The minimum atomic E-state index is -0.270. The van der Waals surface area contributed by atoms with Crippen molar-refractivity contribution in [2.45, 2.75) is 83.4 Å². The lowest BCUT2D eigenvalue weighted by atomic mass is 9.85. The number of carbonyl (C=O) groups excluding carboxylic acids is 1. The monoisotopic (exact) mass is 632 g/mol. The van der Waals surface area contributed by atoms with Gasteiger partial charge in [-0.05, 0) is 88.5 Å². The number of aromatic nitrogens is 5. The molecule has 1 aliphatic carbocycles. The molecule has 2 aromatic carbocycles. The van der Waals surface area contributed by atoms with Crippen LogP contribution in [0, 0.1) is 6.92 Å². The van der Waals surface area contributed by atoms with E-state index in [0.29, 0.717) is 5.82 Å². The van der Waals surface area contributed by atoms with Crippen LogP contribution in [-0.4, -0.2) is 48.9 Å². The molecule has 3 atom stereocenters. The van der Waals surface area contributed by atoms with Crippen molar-refractivity contribution in [2.24, 2.45) is 0 Å². The van der Waals surface area contributed by atoms with Gasteiger partial charge in [-0.1, -0.05) is 62.7 Å². The van der Waals surface area contributed by atoms with Gasteiger partial charge in [-0.15, -0.1) is 10.2 Å². The largest absolute Gasteiger partial charge is 0.484 e. The zero-order chi connectivity index (χ0) is 32.9. The molecular weight excluding hydrogens is 588 g/mol. The van der Waals surface area contributed by atoms with Gasteiger partial charge in [0.05, 0.1) is 29.2 Å². The van der Waals surface area contributed by atoms with Crippen molar-refractivity contribution in [3.8, 4) is 11.4 Å². The van der Waals surface area contributed by atoms with E-state index in [2.05, 4.69) is 83.9 Å². The molecule has 0 radical (unpaired) electrons. The van der Waals surface area contributed by atoms with E-state index in [0.717, 1.165) is 77.5 Å². The van der Waals surface area contributed by atoms with Crippen LogP contribution in [-0.2, 0) is 11.0 Å². The van der Waals surface area contributed by atoms with Gasteiger partial charge < -0.3 is 10.1 Å². The number of amides is 2. The number of nitrogens with zero attached hydrogens (tertiary/aromatic N) is 6. The standard InChI is InChI=1S/C37H44N8O2/c1-24-12-14-25(15-13-24)45-33(22-31(42-45)36(2,3)4)39-35(46)38-29-17-18-30(28-11-8-7-10-27(28)29)47-26-16-19-32-40-41-34(44(32)23-26)37(5)20-9-21-43(37)6/h7-8,10-16,19,22-23,29-30H,9,17-18,20-21H2,1-6H3,(H2,38,39,46). The number of likely N-dealkylation sites (tertiary alicyclic amines) is 1. The van der Waals surface area contributed by atoms with Crippen LogP contribution in [0.25, 0.3) is 11.3 Å². The maximum Gasteiger partial charge on any atom is 0.320 e. The van der Waals surface area contributed by atoms with E-state index in [9.17, 15) is 4.79 Å². The molecule has 47 heavy (non-hydrogen) atoms. The van der Waals surface area contributed by atoms with E-state index in [4.69, 9.17) is 9.84 Å². The van der Waals surface area contributed by atoms with Crippen molar-refractivity contribution >= 4 is 17.5 Å². The number of anilines is 1. The van der Waals surface area contributed by atoms with Crippen LogP contribution in [0.5, 0.6) is 5.75 Å². The molecule has 5 aromatic rings. The van der Waals surface area contributed by atoms with Gasteiger partial charge in [-0.25, -0.2) is 9.48 Å². The number of ether oxygens (including phenoxy) is 1. The van der Waals surface area contributed by atoms with E-state index in [1.807, 2.05) is 60.8 Å². The molecule has 0 spiro atoms. The van der Waals surface area contributed by atoms with Crippen LogP contribution in [0.1, 0.15) is 93.7 Å². The molecule has 1 aliphatic heterocycles. The van der Waals surface area contributed by atoms with Crippen LogP contribution in [0.4, 0.5) is 10.6 Å². The van der Waals surface area contributed by atoms with Gasteiger partial charge in [0.1, 0.15) is 17.7 Å². The SMILES string of the molecule is Cc1ccc(-n2nc(C(C)(C)C)cc2NC(=O)NC2CCC(Oc3ccc4nnc(C5(C)CCCN5C)n4c3)c3ccccc32)cc1. The fourth-order valence-electron chi connectivity index (χ4n) is 6.91. The first kappa shape index (κ1) is 30.9. The first-order valence-electron chi connectivity index (χ1n) is 16.6. The molecule has 10 nitrogen and oxygen atoms in total. The Morgan fingerprint density at radius 1 is 1.00 bits per heavy atom. The second kappa shape index (κ2) is 11.8. The third-order valence-electron chi connectivity index (χ3n) is 9.87. The minimum Gasteiger partial charge on any atom is -0.484 e. The molecule has 7 rings (SSSR count). The number of benzene rings is 2. The smallest absolute Gasteiger partial charge is 0.320 e. The number of hydrogen-bond acceptors (Lipinski definition) is 6. The number of fused-ring (bicyclic) bond motifs is 2. The summed E-state index contributed by atoms with van der Waals surface area (Å²) in [5.41, 5.74) is 5.57. The molecule has 1 fully saturated rings. The summed E-state index contributed by atoms with van der Waals surface area (Å²) in [4.78, 5) is 15.9. The van der Waals surface area contributed by atoms with Crippen molar-refractivity contribution in [3.05, 3.63) is 101 Å². The normalized spacial score (nSPS) is 21.5. The Kier molecular flexibility index (Phi) is 7.78. The van der Waals surface area contributed by atoms with Crippen LogP contribution in [0.15, 0.2) is 72.9 Å². The number of pyridine rings is 1. The molecule has 4 heterocycles. The van der Waals surface area contributed by atoms with E-state index in [-0.39, 0.29) is 29.1 Å². The zero-order valence-electron chi connectivity index (χ0n) is 28.1. The number of urea groups is 1. The highest BCUT2D eigenvalue weighted by atomic mass is 16.5. The lowest BCUT2D eigenvalue weighted by Crippen LogP contribution is -2.37. The molecule has 2 amide bonds. The molecule has 3 unspecified atom stereocenters. The van der Waals surface area contributed by atoms with Crippen molar-refractivity contribution in [1.82, 2.24) is 34.6 Å². The zero-order valence-corrected chi connectivity index (χ0v) is 28.1. The van der Waals surface area contributed by atoms with E-state index in [1.54, 1.807) is 4.68 Å². The average molecular weight is 633 g/mol. The summed E-state index contributed by atoms with van der Waals surface area (Å²) in [6.07, 6.45) is 5.54. The number of rotatable bonds is 6. The molecule has 244 valence electrons. The molecule has 3 aromatic heterocycles. The fraction of sp³-hybridized carbons (Fsp3) is 0.405. The summed E-state index contributed by atoms with van der Waals surface area (Å²) in [5.74, 6) is 2.34. The maximum absolute atomic E-state index is 13.5. The highest BCUT2D eigenvalue weighted by Crippen LogP contribution is 2.40. The number of carbonyl (C=O) groups is 1. The van der Waals surface area contributed by atoms with E-state index >= 15 is 0 Å². The topological polar surface area (TPSA) is 102 Å². The van der Waals surface area contributed by atoms with Crippen LogP contribution < -0.4 is 15.4 Å². The molecule has 10 heteroatoms. The van der Waals surface area contributed by atoms with Crippen molar-refractivity contribution in [1.29, 1.82) is 0 Å². The van der Waals surface area contributed by atoms with Crippen LogP contribution >= 0.6 is 0 Å². The summed E-state index contributed by atoms with van der Waals surface area (Å²) >= 11 is 0. The number of nitrogens with one attached hydrogen (secondary N) is 2. The first-order valence-corrected chi connectivity index (χ1v) is 16.6. The summed E-state index contributed by atoms with van der Waals surface area (Å²) < 4.78 is 10.5. The van der Waals surface area contributed by atoms with Crippen molar-refractivity contribution in [2.75, 3.05) is 18.9 Å². The van der Waals surface area contributed by atoms with Gasteiger partial charge in [0.2, 0.25) is 0 Å². The summed E-state index contributed by atoms with van der Waals surface area (Å²) in [5, 5.41) is 20.2. The molecule has 2 N–H and O–H groups in total. The van der Waals surface area contributed by atoms with Gasteiger partial charge >= 0.3 is 6.03 Å². The fourth-order valence-corrected chi connectivity index (χ4v) is 6.91. The van der Waals surface area contributed by atoms with Gasteiger partial charge in [-0.2, -0.15) is 5.10 Å². The average Bonchev–Trinajstić information content (AvgIpc) is 3.76. The van der Waals surface area contributed by atoms with Crippen LogP contribution in [0.2, 0.25) is 0 Å². The van der Waals surface area contributed by atoms with E-state index < -0.39 is 0 Å². The van der Waals surface area contributed by atoms with Gasteiger partial charge in [0.25, 0.3) is 0 Å². The Labute approximate surface area is 276 Å². The lowest BCUT2D eigenvalue weighted by molar-refractivity contribution is 0.170. The van der Waals surface area contributed by atoms with Gasteiger partial charge in [-0.3, -0.25) is 14.6 Å². The Bertz CT molecular complexity index is 1920. The summed E-state index contributed by atoms with van der Waals surface area (Å²) in [6, 6.07) is 21.8. The Hall–Kier alpha value is -4.70. The Morgan fingerprint density at radius 2 is 1.77 bits per heavy atom.